The first-order valence-electron chi connectivity index (χ1n) is 12.1. The van der Waals surface area contributed by atoms with Gasteiger partial charge in [-0.3, -0.25) is 4.79 Å². The lowest BCUT2D eigenvalue weighted by molar-refractivity contribution is -0.132. The Kier molecular flexibility index (Phi) is 6.20. The molecular formula is C25H40N2O2. The van der Waals surface area contributed by atoms with Gasteiger partial charge in [-0.1, -0.05) is 31.5 Å². The SMILES string of the molecule is CCNCCCCO/N=C1/C=C2CCC3C(CC[C@]4(C)C(=O)CCC34)[C@@]2(C)CC1. The van der Waals surface area contributed by atoms with Crippen molar-refractivity contribution >= 4 is 11.5 Å². The highest BCUT2D eigenvalue weighted by Gasteiger charge is 2.58. The van der Waals surface area contributed by atoms with Gasteiger partial charge in [-0.25, -0.2) is 0 Å². The van der Waals surface area contributed by atoms with Crippen LogP contribution < -0.4 is 5.32 Å². The van der Waals surface area contributed by atoms with E-state index in [-0.39, 0.29) is 5.41 Å². The quantitative estimate of drug-likeness (QED) is 0.467. The Bertz CT molecular complexity index is 684. The van der Waals surface area contributed by atoms with Gasteiger partial charge in [-0.05, 0) is 100 Å². The Labute approximate surface area is 176 Å². The van der Waals surface area contributed by atoms with Crippen molar-refractivity contribution in [2.24, 2.45) is 33.7 Å². The number of ketones is 1. The Morgan fingerprint density at radius 1 is 1.07 bits per heavy atom. The third-order valence-corrected chi connectivity index (χ3v) is 8.96. The summed E-state index contributed by atoms with van der Waals surface area (Å²) < 4.78 is 0. The molecule has 0 aliphatic heterocycles. The molecule has 0 spiro atoms. The molecule has 1 N–H and O–H groups in total. The highest BCUT2D eigenvalue weighted by Crippen LogP contribution is 2.64. The number of Topliss-reactive ketones (excluding diaryl/α,β-unsaturated/α-hetero) is 1. The smallest absolute Gasteiger partial charge is 0.139 e. The summed E-state index contributed by atoms with van der Waals surface area (Å²) >= 11 is 0. The first-order valence-corrected chi connectivity index (χ1v) is 12.1. The van der Waals surface area contributed by atoms with Gasteiger partial charge >= 0.3 is 0 Å². The summed E-state index contributed by atoms with van der Waals surface area (Å²) in [6, 6.07) is 0. The van der Waals surface area contributed by atoms with Crippen molar-refractivity contribution in [1.29, 1.82) is 0 Å². The van der Waals surface area contributed by atoms with Gasteiger partial charge in [0.25, 0.3) is 0 Å². The van der Waals surface area contributed by atoms with Gasteiger partial charge in [0.15, 0.2) is 0 Å². The van der Waals surface area contributed by atoms with E-state index in [9.17, 15) is 4.79 Å². The van der Waals surface area contributed by atoms with E-state index in [0.29, 0.717) is 23.7 Å². The minimum Gasteiger partial charge on any atom is -0.396 e. The van der Waals surface area contributed by atoms with E-state index in [4.69, 9.17) is 4.84 Å². The number of hydrogen-bond donors (Lipinski definition) is 1. The molecule has 0 aromatic heterocycles. The summed E-state index contributed by atoms with van der Waals surface area (Å²) in [4.78, 5) is 18.2. The van der Waals surface area contributed by atoms with Crippen LogP contribution in [0.5, 0.6) is 0 Å². The van der Waals surface area contributed by atoms with E-state index >= 15 is 0 Å². The van der Waals surface area contributed by atoms with E-state index in [2.05, 4.69) is 37.3 Å². The number of rotatable bonds is 7. The number of oxime groups is 1. The van der Waals surface area contributed by atoms with E-state index in [0.717, 1.165) is 69.2 Å². The predicted molar refractivity (Wildman–Crippen MR) is 118 cm³/mol. The number of carbonyl (C=O) groups is 1. The number of hydrogen-bond acceptors (Lipinski definition) is 4. The maximum absolute atomic E-state index is 12.6. The standard InChI is InChI=1S/C25H40N2O2/c1-4-26-15-5-6-16-29-27-19-11-13-24(2)18(17-19)7-8-20-21-9-10-23(28)25(21,3)14-12-22(20)24/h17,20-22,26H,4-16H2,1-3H3/b27-19+/t20?,21?,22?,24-,25-/m0/s1. The van der Waals surface area contributed by atoms with Crippen molar-refractivity contribution in [2.45, 2.75) is 85.0 Å². The Morgan fingerprint density at radius 2 is 1.90 bits per heavy atom. The molecule has 29 heavy (non-hydrogen) atoms. The monoisotopic (exact) mass is 400 g/mol. The van der Waals surface area contributed by atoms with E-state index in [1.807, 2.05) is 0 Å². The Morgan fingerprint density at radius 3 is 2.72 bits per heavy atom. The zero-order valence-corrected chi connectivity index (χ0v) is 18.8. The maximum atomic E-state index is 12.6. The van der Waals surface area contributed by atoms with Crippen LogP contribution in [0.3, 0.4) is 0 Å². The van der Waals surface area contributed by atoms with Crippen LogP contribution in [0, 0.1) is 28.6 Å². The first kappa shape index (κ1) is 21.1. The Hall–Kier alpha value is -1.16. The van der Waals surface area contributed by atoms with Crippen molar-refractivity contribution in [1.82, 2.24) is 5.32 Å². The largest absolute Gasteiger partial charge is 0.396 e. The number of unbranched alkanes of at least 4 members (excludes halogenated alkanes) is 1. The van der Waals surface area contributed by atoms with Gasteiger partial charge in [0.2, 0.25) is 0 Å². The van der Waals surface area contributed by atoms with Crippen LogP contribution in [-0.2, 0) is 9.63 Å². The molecule has 3 fully saturated rings. The fourth-order valence-electron chi connectivity index (χ4n) is 7.14. The lowest BCUT2D eigenvalue weighted by atomic mass is 9.47. The van der Waals surface area contributed by atoms with E-state index < -0.39 is 0 Å². The molecule has 0 radical (unpaired) electrons. The fourth-order valence-corrected chi connectivity index (χ4v) is 7.14. The van der Waals surface area contributed by atoms with Crippen molar-refractivity contribution in [3.8, 4) is 0 Å². The zero-order chi connectivity index (χ0) is 20.5. The molecule has 0 aromatic rings. The van der Waals surface area contributed by atoms with Gasteiger partial charge in [-0.2, -0.15) is 0 Å². The van der Waals surface area contributed by atoms with Crippen LogP contribution in [0.1, 0.15) is 85.0 Å². The zero-order valence-electron chi connectivity index (χ0n) is 18.8. The van der Waals surface area contributed by atoms with E-state index in [1.54, 1.807) is 5.57 Å². The van der Waals surface area contributed by atoms with Crippen molar-refractivity contribution in [3.63, 3.8) is 0 Å². The summed E-state index contributed by atoms with van der Waals surface area (Å²) in [5, 5.41) is 7.82. The molecule has 4 aliphatic rings. The normalized spacial score (nSPS) is 40.2. The van der Waals surface area contributed by atoms with Gasteiger partial charge in [0.05, 0.1) is 5.71 Å². The molecule has 4 aliphatic carbocycles. The van der Waals surface area contributed by atoms with Crippen LogP contribution in [-0.4, -0.2) is 31.2 Å². The van der Waals surface area contributed by atoms with Gasteiger partial charge in [-0.15, -0.1) is 0 Å². The molecule has 0 bridgehead atoms. The number of nitrogens with zero attached hydrogens (tertiary/aromatic N) is 1. The molecule has 5 atom stereocenters. The average molecular weight is 401 g/mol. The molecule has 0 heterocycles. The first-order chi connectivity index (χ1) is 14.0. The molecule has 4 rings (SSSR count). The highest BCUT2D eigenvalue weighted by molar-refractivity contribution is 5.96. The van der Waals surface area contributed by atoms with Crippen LogP contribution in [0.15, 0.2) is 16.8 Å². The molecule has 162 valence electrons. The minimum atomic E-state index is -0.0134. The number of allylic oxidation sites excluding steroid dienone is 2. The highest BCUT2D eigenvalue weighted by atomic mass is 16.6. The summed E-state index contributed by atoms with van der Waals surface area (Å²) in [7, 11) is 0. The lowest BCUT2D eigenvalue weighted by Crippen LogP contribution is -2.50. The second-order valence-corrected chi connectivity index (χ2v) is 10.4. The molecule has 4 heteroatoms. The number of nitrogens with one attached hydrogen (secondary N) is 1. The van der Waals surface area contributed by atoms with Gasteiger partial charge in [0.1, 0.15) is 12.4 Å². The lowest BCUT2D eigenvalue weighted by Gasteiger charge is -2.57. The maximum Gasteiger partial charge on any atom is 0.139 e. The van der Waals surface area contributed by atoms with Crippen LogP contribution in [0.25, 0.3) is 0 Å². The summed E-state index contributed by atoms with van der Waals surface area (Å²) in [5.41, 5.74) is 3.04. The molecule has 0 aromatic carbocycles. The predicted octanol–water partition coefficient (Wildman–Crippen LogP) is 5.28. The second-order valence-electron chi connectivity index (χ2n) is 10.4. The van der Waals surface area contributed by atoms with Crippen molar-refractivity contribution in [3.05, 3.63) is 11.6 Å². The van der Waals surface area contributed by atoms with Crippen LogP contribution in [0.2, 0.25) is 0 Å². The van der Waals surface area contributed by atoms with Crippen molar-refractivity contribution < 1.29 is 9.63 Å². The van der Waals surface area contributed by atoms with Crippen LogP contribution in [0.4, 0.5) is 0 Å². The summed E-state index contributed by atoms with van der Waals surface area (Å²) in [6.07, 6.45) is 13.5. The number of carbonyl (C=O) groups excluding carboxylic acids is 1. The molecule has 3 unspecified atom stereocenters. The van der Waals surface area contributed by atoms with Gasteiger partial charge in [0, 0.05) is 11.8 Å². The Balaban J connectivity index is 1.39. The second kappa shape index (κ2) is 8.53. The third-order valence-electron chi connectivity index (χ3n) is 8.96. The average Bonchev–Trinajstić information content (AvgIpc) is 3.02. The van der Waals surface area contributed by atoms with E-state index in [1.165, 1.54) is 25.7 Å². The summed E-state index contributed by atoms with van der Waals surface area (Å²) in [6.45, 7) is 9.74. The molecule has 0 amide bonds. The minimum absolute atomic E-state index is 0.0134. The number of fused-ring (bicyclic) bond motifs is 5. The molecule has 3 saturated carbocycles. The van der Waals surface area contributed by atoms with Crippen molar-refractivity contribution in [2.75, 3.05) is 19.7 Å². The molecular weight excluding hydrogens is 360 g/mol. The summed E-state index contributed by atoms with van der Waals surface area (Å²) in [5.74, 6) is 2.68. The third kappa shape index (κ3) is 3.82. The topological polar surface area (TPSA) is 50.7 Å². The fraction of sp³-hybridized carbons (Fsp3) is 0.840. The van der Waals surface area contributed by atoms with Gasteiger partial charge < -0.3 is 10.2 Å². The molecule has 0 saturated heterocycles. The molecule has 4 nitrogen and oxygen atoms in total. The van der Waals surface area contributed by atoms with Crippen LogP contribution >= 0.6 is 0 Å².